The third-order valence-electron chi connectivity index (χ3n) is 4.29. The number of hydrogen-bond acceptors (Lipinski definition) is 1. The van der Waals surface area contributed by atoms with Crippen LogP contribution in [0.5, 0.6) is 0 Å². The van der Waals surface area contributed by atoms with Crippen LogP contribution in [0.15, 0.2) is 24.3 Å². The molecule has 0 fully saturated rings. The Morgan fingerprint density at radius 3 is 2.29 bits per heavy atom. The minimum absolute atomic E-state index is 0.224. The topological polar surface area (TPSA) is 41.1 Å². The lowest BCUT2D eigenvalue weighted by atomic mass is 9.86. The molecule has 1 atom stereocenters. The second-order valence-corrected chi connectivity index (χ2v) is 7.24. The lowest BCUT2D eigenvalue weighted by Crippen LogP contribution is -2.46. The first-order chi connectivity index (χ1) is 13.1. The maximum absolute atomic E-state index is 14.3. The van der Waals surface area contributed by atoms with Crippen molar-refractivity contribution in [2.24, 2.45) is 0 Å². The van der Waals surface area contributed by atoms with Crippen LogP contribution in [0.2, 0.25) is 10.0 Å². The molecule has 1 unspecified atom stereocenters. The summed E-state index contributed by atoms with van der Waals surface area (Å²) in [6.45, 7) is 3.35. The first kappa shape index (κ1) is 22.3. The Bertz CT molecular complexity index is 874. The fourth-order valence-electron chi connectivity index (χ4n) is 2.87. The summed E-state index contributed by atoms with van der Waals surface area (Å²) in [4.78, 5) is 12.4. The van der Waals surface area contributed by atoms with Gasteiger partial charge in [-0.25, -0.2) is 22.4 Å². The summed E-state index contributed by atoms with van der Waals surface area (Å²) < 4.78 is 56.2. The molecule has 0 radical (unpaired) electrons. The van der Waals surface area contributed by atoms with Crippen LogP contribution in [0.25, 0.3) is 0 Å². The van der Waals surface area contributed by atoms with E-state index in [4.69, 9.17) is 23.2 Å². The number of nitrogens with one attached hydrogen (secondary N) is 2. The molecule has 3 nitrogen and oxygen atoms in total. The molecule has 0 aliphatic rings. The van der Waals surface area contributed by atoms with Crippen LogP contribution in [0.1, 0.15) is 38.7 Å². The Hall–Kier alpha value is -1.99. The molecule has 0 aliphatic heterocycles. The van der Waals surface area contributed by atoms with Gasteiger partial charge in [0.15, 0.2) is 11.6 Å². The van der Waals surface area contributed by atoms with Gasteiger partial charge in [0.2, 0.25) is 0 Å². The van der Waals surface area contributed by atoms with E-state index in [9.17, 15) is 22.4 Å². The molecular weight excluding hydrogens is 419 g/mol. The Labute approximate surface area is 170 Å². The predicted molar refractivity (Wildman–Crippen MR) is 102 cm³/mol. The second-order valence-electron chi connectivity index (χ2n) is 6.46. The molecule has 0 spiro atoms. The number of hydrogen-bond donors (Lipinski definition) is 2. The molecule has 28 heavy (non-hydrogen) atoms. The van der Waals surface area contributed by atoms with Gasteiger partial charge in [-0.1, -0.05) is 49.0 Å². The van der Waals surface area contributed by atoms with E-state index in [0.717, 1.165) is 18.2 Å². The summed E-state index contributed by atoms with van der Waals surface area (Å²) in [6, 6.07) is 3.28. The average molecular weight is 437 g/mol. The maximum atomic E-state index is 14.3. The van der Waals surface area contributed by atoms with E-state index >= 15 is 0 Å². The van der Waals surface area contributed by atoms with Crippen LogP contribution in [0, 0.1) is 23.3 Å². The summed E-state index contributed by atoms with van der Waals surface area (Å²) in [5.41, 5.74) is -2.20. The maximum Gasteiger partial charge on any atom is 0.320 e. The van der Waals surface area contributed by atoms with Gasteiger partial charge in [-0.3, -0.25) is 0 Å². The van der Waals surface area contributed by atoms with Crippen LogP contribution < -0.4 is 10.6 Å². The normalized spacial score (nSPS) is 13.1. The number of urea groups is 1. The molecular formula is C19H18Cl2F4N2O. The van der Waals surface area contributed by atoms with E-state index in [1.165, 1.54) is 13.0 Å². The smallest absolute Gasteiger partial charge is 0.320 e. The van der Waals surface area contributed by atoms with Crippen molar-refractivity contribution in [2.75, 3.05) is 5.32 Å². The van der Waals surface area contributed by atoms with Crippen molar-refractivity contribution in [1.82, 2.24) is 5.32 Å². The second kappa shape index (κ2) is 9.01. The lowest BCUT2D eigenvalue weighted by Gasteiger charge is -2.32. The highest BCUT2D eigenvalue weighted by molar-refractivity contribution is 6.35. The van der Waals surface area contributed by atoms with Crippen LogP contribution in [-0.2, 0) is 5.54 Å². The van der Waals surface area contributed by atoms with Crippen molar-refractivity contribution in [3.05, 3.63) is 63.1 Å². The highest BCUT2D eigenvalue weighted by Gasteiger charge is 2.34. The van der Waals surface area contributed by atoms with E-state index in [2.05, 4.69) is 10.6 Å². The van der Waals surface area contributed by atoms with Crippen LogP contribution in [0.4, 0.5) is 28.0 Å². The van der Waals surface area contributed by atoms with E-state index in [-0.39, 0.29) is 12.0 Å². The molecule has 2 N–H and O–H groups in total. The van der Waals surface area contributed by atoms with Crippen molar-refractivity contribution < 1.29 is 22.4 Å². The van der Waals surface area contributed by atoms with Gasteiger partial charge in [0.1, 0.15) is 16.7 Å². The number of carbonyl (C=O) groups is 1. The van der Waals surface area contributed by atoms with Gasteiger partial charge in [0.05, 0.1) is 16.2 Å². The van der Waals surface area contributed by atoms with E-state index < -0.39 is 50.6 Å². The first-order valence-electron chi connectivity index (χ1n) is 8.47. The molecule has 0 saturated carbocycles. The number of benzene rings is 2. The molecule has 9 heteroatoms. The van der Waals surface area contributed by atoms with E-state index in [1.54, 1.807) is 0 Å². The Balaban J connectivity index is 2.34. The lowest BCUT2D eigenvalue weighted by molar-refractivity contribution is 0.233. The molecule has 0 bridgehead atoms. The SMILES string of the molecule is CCCCC(C)(NC(=O)Nc1cc(Cl)c(F)c(Cl)c1F)c1c(F)cccc1F. The zero-order valence-corrected chi connectivity index (χ0v) is 16.6. The monoisotopic (exact) mass is 436 g/mol. The summed E-state index contributed by atoms with van der Waals surface area (Å²) in [6.07, 6.45) is 1.50. The highest BCUT2D eigenvalue weighted by atomic mass is 35.5. The van der Waals surface area contributed by atoms with Crippen molar-refractivity contribution in [2.45, 2.75) is 38.6 Å². The van der Waals surface area contributed by atoms with Gasteiger partial charge in [0.25, 0.3) is 0 Å². The van der Waals surface area contributed by atoms with Crippen molar-refractivity contribution in [3.63, 3.8) is 0 Å². The Morgan fingerprint density at radius 2 is 1.71 bits per heavy atom. The highest BCUT2D eigenvalue weighted by Crippen LogP contribution is 2.33. The zero-order valence-electron chi connectivity index (χ0n) is 15.1. The number of rotatable bonds is 6. The molecule has 0 aromatic heterocycles. The summed E-state index contributed by atoms with van der Waals surface area (Å²) in [5.74, 6) is -4.02. The molecule has 2 amide bonds. The number of carbonyl (C=O) groups excluding carboxylic acids is 1. The van der Waals surface area contributed by atoms with Gasteiger partial charge in [-0.15, -0.1) is 0 Å². The van der Waals surface area contributed by atoms with Gasteiger partial charge < -0.3 is 10.6 Å². The molecule has 2 rings (SSSR count). The quantitative estimate of drug-likeness (QED) is 0.292. The average Bonchev–Trinajstić information content (AvgIpc) is 2.62. The van der Waals surface area contributed by atoms with Crippen molar-refractivity contribution in [1.29, 1.82) is 0 Å². The minimum atomic E-state index is -1.42. The van der Waals surface area contributed by atoms with Crippen LogP contribution in [0.3, 0.4) is 0 Å². The van der Waals surface area contributed by atoms with Gasteiger partial charge in [-0.05, 0) is 31.5 Å². The standard InChI is InChI=1S/C19H18Cl2F4N2O/c1-3-4-8-19(2,14-11(22)6-5-7-12(14)23)27-18(28)26-13-9-10(20)16(24)15(21)17(13)25/h5-7,9H,3-4,8H2,1-2H3,(H2,26,27,28). The molecule has 0 heterocycles. The first-order valence-corrected chi connectivity index (χ1v) is 9.23. The number of amides is 2. The summed E-state index contributed by atoms with van der Waals surface area (Å²) in [7, 11) is 0. The molecule has 2 aromatic carbocycles. The van der Waals surface area contributed by atoms with E-state index in [1.807, 2.05) is 6.92 Å². The molecule has 2 aromatic rings. The largest absolute Gasteiger partial charge is 0.328 e. The minimum Gasteiger partial charge on any atom is -0.328 e. The Morgan fingerprint density at radius 1 is 1.11 bits per heavy atom. The van der Waals surface area contributed by atoms with Crippen LogP contribution in [-0.4, -0.2) is 6.03 Å². The summed E-state index contributed by atoms with van der Waals surface area (Å²) in [5, 5.41) is 3.26. The number of halogens is 6. The molecule has 0 saturated heterocycles. The molecule has 0 aliphatic carbocycles. The third-order valence-corrected chi connectivity index (χ3v) is 4.89. The third kappa shape index (κ3) is 4.70. The van der Waals surface area contributed by atoms with Gasteiger partial charge in [-0.2, -0.15) is 0 Å². The number of anilines is 1. The molecule has 152 valence electrons. The number of unbranched alkanes of at least 4 members (excludes halogenated alkanes) is 1. The van der Waals surface area contributed by atoms with Crippen molar-refractivity contribution >= 4 is 34.9 Å². The van der Waals surface area contributed by atoms with Crippen molar-refractivity contribution in [3.8, 4) is 0 Å². The Kier molecular flexibility index (Phi) is 7.17. The van der Waals surface area contributed by atoms with E-state index in [0.29, 0.717) is 12.8 Å². The summed E-state index contributed by atoms with van der Waals surface area (Å²) >= 11 is 11.1. The predicted octanol–water partition coefficient (Wildman–Crippen LogP) is 6.78. The fraction of sp³-hybridized carbons (Fsp3) is 0.316. The van der Waals surface area contributed by atoms with Gasteiger partial charge in [0, 0.05) is 5.56 Å². The van der Waals surface area contributed by atoms with Gasteiger partial charge >= 0.3 is 6.03 Å². The fourth-order valence-corrected chi connectivity index (χ4v) is 3.33. The zero-order chi connectivity index (χ0) is 21.1. The van der Waals surface area contributed by atoms with Crippen LogP contribution >= 0.6 is 23.2 Å².